The molecule has 7 heteroatoms. The van der Waals surface area contributed by atoms with E-state index in [1.165, 1.54) is 0 Å². The van der Waals surface area contributed by atoms with Gasteiger partial charge in [0.2, 0.25) is 0 Å². The van der Waals surface area contributed by atoms with E-state index >= 15 is 0 Å². The Bertz CT molecular complexity index is 1220. The third-order valence-electron chi connectivity index (χ3n) is 6.35. The highest BCUT2D eigenvalue weighted by atomic mass is 35.5. The van der Waals surface area contributed by atoms with Gasteiger partial charge >= 0.3 is 0 Å². The maximum absolute atomic E-state index is 12.9. The van der Waals surface area contributed by atoms with Gasteiger partial charge in [-0.15, -0.1) is 0 Å². The fraction of sp³-hybridized carbons (Fsp3) is 0.310. The predicted molar refractivity (Wildman–Crippen MR) is 146 cm³/mol. The molecule has 36 heavy (non-hydrogen) atoms. The van der Waals surface area contributed by atoms with Gasteiger partial charge in [-0.1, -0.05) is 49.2 Å². The van der Waals surface area contributed by atoms with E-state index in [0.717, 1.165) is 29.7 Å². The maximum atomic E-state index is 12.9. The first-order valence-electron chi connectivity index (χ1n) is 12.4. The number of nitrogens with zero attached hydrogens (tertiary/aromatic N) is 2. The van der Waals surface area contributed by atoms with E-state index in [9.17, 15) is 9.59 Å². The molecule has 4 rings (SSSR count). The molecule has 0 spiro atoms. The van der Waals surface area contributed by atoms with E-state index in [-0.39, 0.29) is 11.8 Å². The number of rotatable bonds is 8. The molecule has 1 aliphatic rings. The van der Waals surface area contributed by atoms with Gasteiger partial charge in [0.05, 0.1) is 17.3 Å². The number of carbonyl (C=O) groups is 2. The van der Waals surface area contributed by atoms with E-state index in [1.54, 1.807) is 18.2 Å². The Labute approximate surface area is 217 Å². The Morgan fingerprint density at radius 2 is 1.75 bits per heavy atom. The number of unbranched alkanes of at least 4 members (excludes halogenated alkanes) is 1. The monoisotopic (exact) mass is 505 g/mol. The second kappa shape index (κ2) is 12.0. The van der Waals surface area contributed by atoms with Crippen molar-refractivity contribution < 1.29 is 14.3 Å². The minimum atomic E-state index is -0.219. The largest absolute Gasteiger partial charge is 0.494 e. The number of ether oxygens (including phenoxy) is 1. The summed E-state index contributed by atoms with van der Waals surface area (Å²) in [7, 11) is 0. The summed E-state index contributed by atoms with van der Waals surface area (Å²) in [5.41, 5.74) is 3.78. The molecule has 0 atom stereocenters. The Kier molecular flexibility index (Phi) is 8.49. The summed E-state index contributed by atoms with van der Waals surface area (Å²) in [6.07, 6.45) is 2.03. The number of hydrogen-bond donors (Lipinski definition) is 1. The molecule has 3 aromatic rings. The Balaban J connectivity index is 1.35. The highest BCUT2D eigenvalue weighted by molar-refractivity contribution is 6.33. The van der Waals surface area contributed by atoms with Crippen LogP contribution in [-0.4, -0.2) is 49.5 Å². The molecule has 1 fully saturated rings. The smallest absolute Gasteiger partial charge is 0.255 e. The third-order valence-corrected chi connectivity index (χ3v) is 6.65. The first-order valence-corrected chi connectivity index (χ1v) is 12.8. The topological polar surface area (TPSA) is 61.9 Å². The van der Waals surface area contributed by atoms with E-state index in [4.69, 9.17) is 16.3 Å². The van der Waals surface area contributed by atoms with Crippen LogP contribution in [0.4, 0.5) is 11.4 Å². The highest BCUT2D eigenvalue weighted by Gasteiger charge is 2.24. The van der Waals surface area contributed by atoms with Crippen molar-refractivity contribution in [2.75, 3.05) is 43.0 Å². The zero-order chi connectivity index (χ0) is 25.5. The third kappa shape index (κ3) is 6.18. The van der Waals surface area contributed by atoms with E-state index in [2.05, 4.69) is 17.1 Å². The van der Waals surface area contributed by atoms with Crippen molar-refractivity contribution in [2.24, 2.45) is 0 Å². The van der Waals surface area contributed by atoms with Crippen LogP contribution in [-0.2, 0) is 0 Å². The number of amides is 2. The fourth-order valence-electron chi connectivity index (χ4n) is 4.24. The normalized spacial score (nSPS) is 13.4. The second-order valence-electron chi connectivity index (χ2n) is 8.94. The van der Waals surface area contributed by atoms with Gasteiger partial charge < -0.3 is 19.9 Å². The van der Waals surface area contributed by atoms with Crippen LogP contribution in [0.3, 0.4) is 0 Å². The average Bonchev–Trinajstić information content (AvgIpc) is 2.89. The molecule has 0 saturated carbocycles. The van der Waals surface area contributed by atoms with Crippen molar-refractivity contribution in [3.05, 3.63) is 88.4 Å². The number of nitrogens with one attached hydrogen (secondary N) is 1. The van der Waals surface area contributed by atoms with Crippen molar-refractivity contribution in [2.45, 2.75) is 26.7 Å². The van der Waals surface area contributed by atoms with Gasteiger partial charge in [0.1, 0.15) is 5.75 Å². The van der Waals surface area contributed by atoms with Crippen LogP contribution in [0.25, 0.3) is 0 Å². The molecular weight excluding hydrogens is 474 g/mol. The molecule has 3 aromatic carbocycles. The molecule has 0 radical (unpaired) electrons. The molecule has 6 nitrogen and oxygen atoms in total. The number of halogens is 1. The maximum Gasteiger partial charge on any atom is 0.255 e. The van der Waals surface area contributed by atoms with Crippen LogP contribution in [0.15, 0.2) is 66.7 Å². The van der Waals surface area contributed by atoms with Crippen molar-refractivity contribution in [3.8, 4) is 5.75 Å². The molecule has 188 valence electrons. The molecule has 0 aromatic heterocycles. The molecule has 2 amide bonds. The van der Waals surface area contributed by atoms with Gasteiger partial charge in [0, 0.05) is 43.0 Å². The molecule has 1 heterocycles. The summed E-state index contributed by atoms with van der Waals surface area (Å²) in [6, 6.07) is 20.4. The zero-order valence-electron chi connectivity index (χ0n) is 20.8. The lowest BCUT2D eigenvalue weighted by Crippen LogP contribution is -2.49. The predicted octanol–water partition coefficient (Wildman–Crippen LogP) is 6.04. The number of anilines is 2. The quantitative estimate of drug-likeness (QED) is 0.379. The summed E-state index contributed by atoms with van der Waals surface area (Å²) >= 11 is 6.61. The molecular formula is C29H32ClN3O3. The van der Waals surface area contributed by atoms with E-state index in [1.807, 2.05) is 60.4 Å². The first kappa shape index (κ1) is 25.6. The van der Waals surface area contributed by atoms with Crippen molar-refractivity contribution in [1.29, 1.82) is 0 Å². The Morgan fingerprint density at radius 1 is 0.972 bits per heavy atom. The zero-order valence-corrected chi connectivity index (χ0v) is 21.6. The number of aryl methyl sites for hydroxylation is 1. The van der Waals surface area contributed by atoms with Gasteiger partial charge in [0.25, 0.3) is 11.8 Å². The summed E-state index contributed by atoms with van der Waals surface area (Å²) < 4.78 is 5.71. The molecule has 0 aliphatic carbocycles. The van der Waals surface area contributed by atoms with Crippen LogP contribution < -0.4 is 15.0 Å². The van der Waals surface area contributed by atoms with Crippen LogP contribution >= 0.6 is 11.6 Å². The Morgan fingerprint density at radius 3 is 2.47 bits per heavy atom. The summed E-state index contributed by atoms with van der Waals surface area (Å²) in [5.74, 6) is 0.532. The SMILES string of the molecule is CCCCOc1cccc(C(=O)Nc2ccc(N3CCN(C(=O)c4ccccc4C)CC3)c(Cl)c2)c1. The summed E-state index contributed by atoms with van der Waals surface area (Å²) in [4.78, 5) is 29.8. The number of benzene rings is 3. The molecule has 0 unspecified atom stereocenters. The van der Waals surface area contributed by atoms with Gasteiger partial charge in [-0.25, -0.2) is 0 Å². The summed E-state index contributed by atoms with van der Waals surface area (Å²) in [5, 5.41) is 3.48. The van der Waals surface area contributed by atoms with Crippen LogP contribution in [0.1, 0.15) is 46.0 Å². The lowest BCUT2D eigenvalue weighted by atomic mass is 10.1. The molecule has 1 aliphatic heterocycles. The van der Waals surface area contributed by atoms with Crippen molar-refractivity contribution >= 4 is 34.8 Å². The van der Waals surface area contributed by atoms with Crippen LogP contribution in [0.2, 0.25) is 5.02 Å². The minimum Gasteiger partial charge on any atom is -0.494 e. The lowest BCUT2D eigenvalue weighted by Gasteiger charge is -2.36. The minimum absolute atomic E-state index is 0.0664. The number of hydrogen-bond acceptors (Lipinski definition) is 4. The van der Waals surface area contributed by atoms with Crippen molar-refractivity contribution in [3.63, 3.8) is 0 Å². The molecule has 1 saturated heterocycles. The average molecular weight is 506 g/mol. The molecule has 0 bridgehead atoms. The Hall–Kier alpha value is -3.51. The van der Waals surface area contributed by atoms with Crippen LogP contribution in [0.5, 0.6) is 5.75 Å². The second-order valence-corrected chi connectivity index (χ2v) is 9.35. The molecule has 1 N–H and O–H groups in total. The fourth-order valence-corrected chi connectivity index (χ4v) is 4.54. The van der Waals surface area contributed by atoms with E-state index in [0.29, 0.717) is 54.8 Å². The van der Waals surface area contributed by atoms with Gasteiger partial charge in [-0.3, -0.25) is 9.59 Å². The lowest BCUT2D eigenvalue weighted by molar-refractivity contribution is 0.0746. The first-order chi connectivity index (χ1) is 17.5. The standard InChI is InChI=1S/C29H32ClN3O3/c1-3-4-18-36-24-10-7-9-22(19-24)28(34)31-23-12-13-27(26(30)20-23)32-14-16-33(17-15-32)29(35)25-11-6-5-8-21(25)2/h5-13,19-20H,3-4,14-18H2,1-2H3,(H,31,34). The van der Waals surface area contributed by atoms with E-state index < -0.39 is 0 Å². The van der Waals surface area contributed by atoms with Crippen molar-refractivity contribution in [1.82, 2.24) is 4.90 Å². The highest BCUT2D eigenvalue weighted by Crippen LogP contribution is 2.30. The van der Waals surface area contributed by atoms with Gasteiger partial charge in [-0.2, -0.15) is 0 Å². The number of carbonyl (C=O) groups excluding carboxylic acids is 2. The summed E-state index contributed by atoms with van der Waals surface area (Å²) in [6.45, 7) is 7.32. The van der Waals surface area contributed by atoms with Gasteiger partial charge in [-0.05, 0) is 61.4 Å². The van der Waals surface area contributed by atoms with Crippen LogP contribution in [0, 0.1) is 6.92 Å². The van der Waals surface area contributed by atoms with Gasteiger partial charge in [0.15, 0.2) is 0 Å². The number of piperazine rings is 1.